The topological polar surface area (TPSA) is 82.3 Å². The Bertz CT molecular complexity index is 771. The highest BCUT2D eigenvalue weighted by Crippen LogP contribution is 2.36. The molecule has 0 saturated heterocycles. The van der Waals surface area contributed by atoms with Crippen LogP contribution in [0.2, 0.25) is 0 Å². The van der Waals surface area contributed by atoms with Gasteiger partial charge in [0.05, 0.1) is 7.11 Å². The highest BCUT2D eigenvalue weighted by Gasteiger charge is 2.14. The molecule has 0 bridgehead atoms. The SMILES string of the molecule is COc1c(NN)ncnc1Oc1cccc2ccccc12. The molecule has 6 heteroatoms. The molecule has 0 atom stereocenters. The van der Waals surface area contributed by atoms with Gasteiger partial charge in [0.15, 0.2) is 5.82 Å². The van der Waals surface area contributed by atoms with Crippen LogP contribution in [0.5, 0.6) is 17.4 Å². The third-order valence-electron chi connectivity index (χ3n) is 3.07. The van der Waals surface area contributed by atoms with Crippen LogP contribution in [0.25, 0.3) is 10.8 Å². The number of hydrogen-bond acceptors (Lipinski definition) is 6. The number of nitrogen functional groups attached to an aromatic ring is 1. The summed E-state index contributed by atoms with van der Waals surface area (Å²) in [7, 11) is 1.51. The number of benzene rings is 2. The largest absolute Gasteiger partial charge is 0.489 e. The smallest absolute Gasteiger partial charge is 0.268 e. The minimum absolute atomic E-state index is 0.303. The lowest BCUT2D eigenvalue weighted by Gasteiger charge is -2.12. The molecule has 1 heterocycles. The first kappa shape index (κ1) is 13.1. The van der Waals surface area contributed by atoms with Crippen LogP contribution < -0.4 is 20.7 Å². The normalized spacial score (nSPS) is 10.4. The van der Waals surface area contributed by atoms with Gasteiger partial charge in [-0.1, -0.05) is 36.4 Å². The maximum absolute atomic E-state index is 5.88. The van der Waals surface area contributed by atoms with Crippen LogP contribution in [-0.4, -0.2) is 17.1 Å². The number of nitrogens with one attached hydrogen (secondary N) is 1. The molecule has 0 aliphatic carbocycles. The molecule has 6 nitrogen and oxygen atoms in total. The lowest BCUT2D eigenvalue weighted by Crippen LogP contribution is -2.11. The molecule has 1 aromatic heterocycles. The molecule has 21 heavy (non-hydrogen) atoms. The van der Waals surface area contributed by atoms with Gasteiger partial charge in [-0.2, -0.15) is 4.98 Å². The molecular weight excluding hydrogens is 268 g/mol. The maximum Gasteiger partial charge on any atom is 0.268 e. The number of fused-ring (bicyclic) bond motifs is 1. The van der Waals surface area contributed by atoms with Gasteiger partial charge in [-0.15, -0.1) is 0 Å². The van der Waals surface area contributed by atoms with Gasteiger partial charge in [-0.05, 0) is 11.5 Å². The van der Waals surface area contributed by atoms with Gasteiger partial charge in [-0.3, -0.25) is 0 Å². The van der Waals surface area contributed by atoms with Crippen LogP contribution in [0, 0.1) is 0 Å². The van der Waals surface area contributed by atoms with Crippen molar-refractivity contribution in [2.75, 3.05) is 12.5 Å². The molecule has 0 saturated carbocycles. The number of anilines is 1. The van der Waals surface area contributed by atoms with Crippen LogP contribution in [0.4, 0.5) is 5.82 Å². The highest BCUT2D eigenvalue weighted by atomic mass is 16.5. The molecule has 3 N–H and O–H groups in total. The molecule has 0 aliphatic rings. The lowest BCUT2D eigenvalue weighted by molar-refractivity contribution is 0.370. The zero-order valence-corrected chi connectivity index (χ0v) is 11.4. The first-order valence-corrected chi connectivity index (χ1v) is 6.34. The summed E-state index contributed by atoms with van der Waals surface area (Å²) < 4.78 is 11.1. The second-order valence-corrected chi connectivity index (χ2v) is 4.28. The first-order chi connectivity index (χ1) is 10.3. The highest BCUT2D eigenvalue weighted by molar-refractivity contribution is 5.88. The van der Waals surface area contributed by atoms with Crippen LogP contribution in [-0.2, 0) is 0 Å². The Morgan fingerprint density at radius 2 is 1.86 bits per heavy atom. The van der Waals surface area contributed by atoms with Crippen molar-refractivity contribution >= 4 is 16.6 Å². The predicted molar refractivity (Wildman–Crippen MR) is 80.4 cm³/mol. The van der Waals surface area contributed by atoms with E-state index in [1.54, 1.807) is 0 Å². The molecule has 0 spiro atoms. The summed E-state index contributed by atoms with van der Waals surface area (Å²) in [6, 6.07) is 13.8. The van der Waals surface area contributed by atoms with Crippen molar-refractivity contribution in [1.29, 1.82) is 0 Å². The van der Waals surface area contributed by atoms with E-state index in [1.807, 2.05) is 42.5 Å². The van der Waals surface area contributed by atoms with Crippen molar-refractivity contribution in [3.8, 4) is 17.4 Å². The number of aromatic nitrogens is 2. The fraction of sp³-hybridized carbons (Fsp3) is 0.0667. The number of ether oxygens (including phenoxy) is 2. The Kier molecular flexibility index (Phi) is 3.53. The van der Waals surface area contributed by atoms with Gasteiger partial charge in [0.1, 0.15) is 12.1 Å². The van der Waals surface area contributed by atoms with E-state index < -0.39 is 0 Å². The predicted octanol–water partition coefficient (Wildman–Crippen LogP) is 2.72. The quantitative estimate of drug-likeness (QED) is 0.565. The van der Waals surface area contributed by atoms with E-state index in [0.29, 0.717) is 23.2 Å². The van der Waals surface area contributed by atoms with E-state index in [1.165, 1.54) is 13.4 Å². The average molecular weight is 282 g/mol. The number of rotatable bonds is 4. The fourth-order valence-electron chi connectivity index (χ4n) is 2.11. The third kappa shape index (κ3) is 2.44. The van der Waals surface area contributed by atoms with Gasteiger partial charge in [0.2, 0.25) is 5.75 Å². The molecule has 2 aromatic carbocycles. The van der Waals surface area contributed by atoms with Gasteiger partial charge in [0.25, 0.3) is 5.88 Å². The van der Waals surface area contributed by atoms with Crippen LogP contribution in [0.1, 0.15) is 0 Å². The number of nitrogens with two attached hydrogens (primary N) is 1. The van der Waals surface area contributed by atoms with Crippen molar-refractivity contribution in [2.45, 2.75) is 0 Å². The van der Waals surface area contributed by atoms with Gasteiger partial charge in [-0.25, -0.2) is 10.8 Å². The summed E-state index contributed by atoms with van der Waals surface area (Å²) in [5.74, 6) is 7.11. The number of methoxy groups -OCH3 is 1. The molecule has 0 fully saturated rings. The zero-order valence-electron chi connectivity index (χ0n) is 11.4. The summed E-state index contributed by atoms with van der Waals surface area (Å²) in [4.78, 5) is 8.09. The van der Waals surface area contributed by atoms with Crippen LogP contribution in [0.15, 0.2) is 48.8 Å². The van der Waals surface area contributed by atoms with E-state index in [0.717, 1.165) is 10.8 Å². The van der Waals surface area contributed by atoms with Gasteiger partial charge in [0, 0.05) is 5.39 Å². The Hall–Kier alpha value is -2.86. The number of hydrazine groups is 1. The second kappa shape index (κ2) is 5.64. The lowest BCUT2D eigenvalue weighted by atomic mass is 10.1. The summed E-state index contributed by atoms with van der Waals surface area (Å²) >= 11 is 0. The molecule has 0 aliphatic heterocycles. The maximum atomic E-state index is 5.88. The van der Waals surface area contributed by atoms with Crippen molar-refractivity contribution in [2.24, 2.45) is 5.84 Å². The fourth-order valence-corrected chi connectivity index (χ4v) is 2.11. The van der Waals surface area contributed by atoms with Gasteiger partial charge < -0.3 is 14.9 Å². The first-order valence-electron chi connectivity index (χ1n) is 6.34. The standard InChI is InChI=1S/C15H14N4O2/c1-20-13-14(19-16)17-9-18-15(13)21-12-8-4-6-10-5-2-3-7-11(10)12/h2-9H,16H2,1H3,(H,17,18,19). The van der Waals surface area contributed by atoms with E-state index in [9.17, 15) is 0 Å². The average Bonchev–Trinajstić information content (AvgIpc) is 2.55. The van der Waals surface area contributed by atoms with E-state index in [2.05, 4.69) is 15.4 Å². The Labute approximate surface area is 121 Å². The molecule has 0 unspecified atom stereocenters. The Morgan fingerprint density at radius 1 is 1.05 bits per heavy atom. The summed E-state index contributed by atoms with van der Waals surface area (Å²) in [5.41, 5.74) is 2.45. The van der Waals surface area contributed by atoms with Crippen molar-refractivity contribution in [1.82, 2.24) is 9.97 Å². The Balaban J connectivity index is 2.07. The molecule has 3 aromatic rings. The summed E-state index contributed by atoms with van der Waals surface area (Å²) in [6.45, 7) is 0. The van der Waals surface area contributed by atoms with E-state index >= 15 is 0 Å². The second-order valence-electron chi connectivity index (χ2n) is 4.28. The molecule has 106 valence electrons. The monoisotopic (exact) mass is 282 g/mol. The van der Waals surface area contributed by atoms with Crippen molar-refractivity contribution < 1.29 is 9.47 Å². The van der Waals surface area contributed by atoms with Gasteiger partial charge >= 0.3 is 0 Å². The van der Waals surface area contributed by atoms with Crippen LogP contribution in [0.3, 0.4) is 0 Å². The molecule has 0 amide bonds. The van der Waals surface area contributed by atoms with E-state index in [4.69, 9.17) is 15.3 Å². The zero-order chi connectivity index (χ0) is 14.7. The molecule has 3 rings (SSSR count). The number of hydrogen-bond donors (Lipinski definition) is 2. The summed E-state index contributed by atoms with van der Waals surface area (Å²) in [5, 5.41) is 2.07. The molecule has 0 radical (unpaired) electrons. The molecular formula is C15H14N4O2. The minimum atomic E-state index is 0.303. The number of nitrogens with zero attached hydrogens (tertiary/aromatic N) is 2. The van der Waals surface area contributed by atoms with E-state index in [-0.39, 0.29) is 0 Å². The van der Waals surface area contributed by atoms with Crippen molar-refractivity contribution in [3.05, 3.63) is 48.8 Å². The third-order valence-corrected chi connectivity index (χ3v) is 3.07. The minimum Gasteiger partial charge on any atom is -0.489 e. The summed E-state index contributed by atoms with van der Waals surface area (Å²) in [6.07, 6.45) is 1.36. The Morgan fingerprint density at radius 3 is 2.67 bits per heavy atom. The van der Waals surface area contributed by atoms with Crippen LogP contribution >= 0.6 is 0 Å². The van der Waals surface area contributed by atoms with Crippen molar-refractivity contribution in [3.63, 3.8) is 0 Å².